The zero-order chi connectivity index (χ0) is 19.6. The Kier molecular flexibility index (Phi) is 5.32. The molecule has 7 nitrogen and oxygen atoms in total. The first-order valence-corrected chi connectivity index (χ1v) is 8.60. The molecule has 1 N–H and O–H groups in total. The first-order valence-electron chi connectivity index (χ1n) is 8.22. The summed E-state index contributed by atoms with van der Waals surface area (Å²) in [4.78, 5) is 25.3. The number of carbonyl (C=O) groups excluding carboxylic acids is 1. The van der Waals surface area contributed by atoms with Crippen LogP contribution >= 0.6 is 11.6 Å². The number of amides is 1. The van der Waals surface area contributed by atoms with Gasteiger partial charge in [-0.15, -0.1) is 0 Å². The molecule has 0 aliphatic carbocycles. The molecule has 0 atom stereocenters. The first-order chi connectivity index (χ1) is 13.0. The van der Waals surface area contributed by atoms with Crippen LogP contribution in [-0.4, -0.2) is 29.9 Å². The van der Waals surface area contributed by atoms with Crippen LogP contribution in [0.1, 0.15) is 17.4 Å². The van der Waals surface area contributed by atoms with Gasteiger partial charge in [0.15, 0.2) is 17.2 Å². The maximum atomic E-state index is 12.9. The fourth-order valence-electron chi connectivity index (χ4n) is 2.75. The normalized spacial score (nSPS) is 10.7. The molecule has 0 aliphatic heterocycles. The van der Waals surface area contributed by atoms with Crippen molar-refractivity contribution >= 4 is 34.0 Å². The smallest absolute Gasteiger partial charge is 0.276 e. The highest BCUT2D eigenvalue weighted by Gasteiger charge is 2.18. The molecule has 140 valence electrons. The lowest BCUT2D eigenvalue weighted by atomic mass is 10.1. The fourth-order valence-corrected chi connectivity index (χ4v) is 2.95. The maximum Gasteiger partial charge on any atom is 0.276 e. The van der Waals surface area contributed by atoms with Crippen LogP contribution < -0.4 is 20.3 Å². The Morgan fingerprint density at radius 2 is 1.78 bits per heavy atom. The summed E-state index contributed by atoms with van der Waals surface area (Å²) >= 11 is 6.24. The molecule has 2 aromatic carbocycles. The number of carbonyl (C=O) groups is 1. The monoisotopic (exact) mass is 387 g/mol. The molecule has 1 amide bonds. The van der Waals surface area contributed by atoms with Crippen LogP contribution in [0, 0.1) is 0 Å². The maximum absolute atomic E-state index is 12.9. The van der Waals surface area contributed by atoms with Crippen LogP contribution in [0.25, 0.3) is 10.8 Å². The van der Waals surface area contributed by atoms with Crippen LogP contribution in [0.3, 0.4) is 0 Å². The van der Waals surface area contributed by atoms with Crippen molar-refractivity contribution in [3.63, 3.8) is 0 Å². The molecule has 0 unspecified atom stereocenters. The Balaban J connectivity index is 2.08. The van der Waals surface area contributed by atoms with Crippen LogP contribution in [0.5, 0.6) is 11.5 Å². The van der Waals surface area contributed by atoms with Gasteiger partial charge in [0.25, 0.3) is 11.5 Å². The minimum Gasteiger partial charge on any atom is -0.493 e. The third-order valence-electron chi connectivity index (χ3n) is 4.10. The largest absolute Gasteiger partial charge is 0.493 e. The summed E-state index contributed by atoms with van der Waals surface area (Å²) < 4.78 is 11.7. The standard InChI is InChI=1S/C19H18ClN3O4/c1-4-23-19(25)12-8-6-5-7-11(12)17(22-23)18(24)21-14-10-16(27-3)15(26-2)9-13(14)20/h5-10H,4H2,1-3H3,(H,21,24). The van der Waals surface area contributed by atoms with E-state index in [4.69, 9.17) is 21.1 Å². The molecular formula is C19H18ClN3O4. The molecule has 0 saturated heterocycles. The number of benzene rings is 2. The molecule has 27 heavy (non-hydrogen) atoms. The van der Waals surface area contributed by atoms with E-state index in [0.29, 0.717) is 34.5 Å². The number of aromatic nitrogens is 2. The SMILES string of the molecule is CCn1nc(C(=O)Nc2cc(OC)c(OC)cc2Cl)c2ccccc2c1=O. The van der Waals surface area contributed by atoms with E-state index >= 15 is 0 Å². The third-order valence-corrected chi connectivity index (χ3v) is 4.42. The van der Waals surface area contributed by atoms with Gasteiger partial charge >= 0.3 is 0 Å². The summed E-state index contributed by atoms with van der Waals surface area (Å²) in [6, 6.07) is 9.97. The lowest BCUT2D eigenvalue weighted by Crippen LogP contribution is -2.27. The van der Waals surface area contributed by atoms with E-state index in [1.165, 1.54) is 18.9 Å². The van der Waals surface area contributed by atoms with Gasteiger partial charge in [-0.05, 0) is 13.0 Å². The van der Waals surface area contributed by atoms with E-state index in [-0.39, 0.29) is 16.3 Å². The number of hydrogen-bond donors (Lipinski definition) is 1. The van der Waals surface area contributed by atoms with E-state index in [2.05, 4.69) is 10.4 Å². The van der Waals surface area contributed by atoms with Gasteiger partial charge in [0.1, 0.15) is 0 Å². The number of halogens is 1. The van der Waals surface area contributed by atoms with Crippen molar-refractivity contribution in [1.82, 2.24) is 9.78 Å². The Hall–Kier alpha value is -3.06. The van der Waals surface area contributed by atoms with Crippen LogP contribution in [0.15, 0.2) is 41.2 Å². The number of fused-ring (bicyclic) bond motifs is 1. The number of methoxy groups -OCH3 is 2. The summed E-state index contributed by atoms with van der Waals surface area (Å²) in [7, 11) is 2.99. The molecule has 0 bridgehead atoms. The average Bonchev–Trinajstić information content (AvgIpc) is 2.69. The molecule has 0 spiro atoms. The molecule has 0 aliphatic rings. The predicted molar refractivity (Wildman–Crippen MR) is 104 cm³/mol. The molecule has 1 aromatic heterocycles. The average molecular weight is 388 g/mol. The molecule has 8 heteroatoms. The minimum absolute atomic E-state index is 0.137. The first kappa shape index (κ1) is 18.7. The molecule has 3 rings (SSSR count). The minimum atomic E-state index is -0.484. The van der Waals surface area contributed by atoms with E-state index in [0.717, 1.165) is 0 Å². The number of aryl methyl sites for hydroxylation is 1. The van der Waals surface area contributed by atoms with E-state index in [1.807, 2.05) is 0 Å². The molecule has 3 aromatic rings. The molecule has 1 heterocycles. The van der Waals surface area contributed by atoms with E-state index < -0.39 is 5.91 Å². The molecule has 0 fully saturated rings. The second-order valence-electron chi connectivity index (χ2n) is 5.66. The van der Waals surface area contributed by atoms with Gasteiger partial charge in [0.2, 0.25) is 0 Å². The van der Waals surface area contributed by atoms with Crippen molar-refractivity contribution in [1.29, 1.82) is 0 Å². The van der Waals surface area contributed by atoms with Gasteiger partial charge in [-0.2, -0.15) is 5.10 Å². The Morgan fingerprint density at radius 3 is 2.41 bits per heavy atom. The van der Waals surface area contributed by atoms with Gasteiger partial charge in [0.05, 0.1) is 30.3 Å². The Labute approximate surface area is 160 Å². The summed E-state index contributed by atoms with van der Waals surface area (Å²) in [6.45, 7) is 2.14. The van der Waals surface area contributed by atoms with Crippen molar-refractivity contribution in [3.8, 4) is 11.5 Å². The van der Waals surface area contributed by atoms with Crippen LogP contribution in [0.2, 0.25) is 5.02 Å². The van der Waals surface area contributed by atoms with Crippen molar-refractivity contribution in [3.05, 3.63) is 57.5 Å². The summed E-state index contributed by atoms with van der Waals surface area (Å²) in [5.74, 6) is 0.389. The van der Waals surface area contributed by atoms with Gasteiger partial charge in [-0.1, -0.05) is 29.8 Å². The lowest BCUT2D eigenvalue weighted by molar-refractivity contribution is 0.102. The van der Waals surface area contributed by atoms with Gasteiger partial charge in [-0.3, -0.25) is 9.59 Å². The third kappa shape index (κ3) is 3.46. The highest BCUT2D eigenvalue weighted by molar-refractivity contribution is 6.34. The van der Waals surface area contributed by atoms with Crippen molar-refractivity contribution in [2.75, 3.05) is 19.5 Å². The number of anilines is 1. The highest BCUT2D eigenvalue weighted by Crippen LogP contribution is 2.36. The number of nitrogens with one attached hydrogen (secondary N) is 1. The van der Waals surface area contributed by atoms with Crippen LogP contribution in [0.4, 0.5) is 5.69 Å². The quantitative estimate of drug-likeness (QED) is 0.726. The lowest BCUT2D eigenvalue weighted by Gasteiger charge is -2.13. The number of hydrogen-bond acceptors (Lipinski definition) is 5. The molecule has 0 saturated carbocycles. The topological polar surface area (TPSA) is 82.5 Å². The van der Waals surface area contributed by atoms with Gasteiger partial charge in [-0.25, -0.2) is 4.68 Å². The van der Waals surface area contributed by atoms with E-state index in [9.17, 15) is 9.59 Å². The predicted octanol–water partition coefficient (Wildman–Crippen LogP) is 3.34. The Bertz CT molecular complexity index is 1080. The van der Waals surface area contributed by atoms with Crippen molar-refractivity contribution in [2.24, 2.45) is 0 Å². The summed E-state index contributed by atoms with van der Waals surface area (Å²) in [5, 5.41) is 8.13. The zero-order valence-corrected chi connectivity index (χ0v) is 15.8. The number of nitrogens with zero attached hydrogens (tertiary/aromatic N) is 2. The highest BCUT2D eigenvalue weighted by atomic mass is 35.5. The van der Waals surface area contributed by atoms with E-state index in [1.54, 1.807) is 43.3 Å². The number of rotatable bonds is 5. The zero-order valence-electron chi connectivity index (χ0n) is 15.1. The van der Waals surface area contributed by atoms with Crippen molar-refractivity contribution < 1.29 is 14.3 Å². The Morgan fingerprint density at radius 1 is 1.15 bits per heavy atom. The van der Waals surface area contributed by atoms with Crippen LogP contribution in [-0.2, 0) is 6.54 Å². The fraction of sp³-hybridized carbons (Fsp3) is 0.211. The van der Waals surface area contributed by atoms with Gasteiger partial charge < -0.3 is 14.8 Å². The second-order valence-corrected chi connectivity index (χ2v) is 6.06. The van der Waals surface area contributed by atoms with Crippen molar-refractivity contribution in [2.45, 2.75) is 13.5 Å². The summed E-state index contributed by atoms with van der Waals surface area (Å²) in [5.41, 5.74) is 0.242. The molecular weight excluding hydrogens is 370 g/mol. The van der Waals surface area contributed by atoms with Gasteiger partial charge in [0, 0.05) is 24.1 Å². The number of ether oxygens (including phenoxy) is 2. The second kappa shape index (κ2) is 7.67. The summed E-state index contributed by atoms with van der Waals surface area (Å²) in [6.07, 6.45) is 0. The molecule has 0 radical (unpaired) electrons.